The fourth-order valence-electron chi connectivity index (χ4n) is 1.61. The number of halogens is 1. The monoisotopic (exact) mass is 260 g/mol. The Bertz CT molecular complexity index is 230. The van der Waals surface area contributed by atoms with Crippen molar-refractivity contribution in [3.63, 3.8) is 0 Å². The van der Waals surface area contributed by atoms with Crippen LogP contribution in [0.1, 0.15) is 19.8 Å². The van der Waals surface area contributed by atoms with E-state index in [2.05, 4.69) is 34.7 Å². The number of hydrogen-bond donors (Lipinski definition) is 1. The molecule has 0 aliphatic carbocycles. The molecule has 4 heteroatoms. The summed E-state index contributed by atoms with van der Waals surface area (Å²) in [6.45, 7) is 8.23. The van der Waals surface area contributed by atoms with Crippen LogP contribution in [0.3, 0.4) is 0 Å². The number of nitrogens with one attached hydrogen (secondary N) is 1. The standard InChI is InChI=1S/C10H17BrN2O/c1-3-5-12-9-4-6-13(10(9)14)7-8(2)11/h9,12H,2-7H2,1H3. The quantitative estimate of drug-likeness (QED) is 0.813. The smallest absolute Gasteiger partial charge is 0.240 e. The molecule has 1 heterocycles. The van der Waals surface area contributed by atoms with Crippen molar-refractivity contribution in [2.24, 2.45) is 0 Å². The molecule has 0 aromatic rings. The summed E-state index contributed by atoms with van der Waals surface area (Å²) in [6, 6.07) is 0.0294. The van der Waals surface area contributed by atoms with Crippen molar-refractivity contribution in [2.45, 2.75) is 25.8 Å². The zero-order valence-corrected chi connectivity index (χ0v) is 10.1. The summed E-state index contributed by atoms with van der Waals surface area (Å²) in [7, 11) is 0. The predicted molar refractivity (Wildman–Crippen MR) is 61.3 cm³/mol. The highest BCUT2D eigenvalue weighted by molar-refractivity contribution is 9.11. The Balaban J connectivity index is 2.39. The lowest BCUT2D eigenvalue weighted by Gasteiger charge is -2.16. The molecule has 1 N–H and O–H groups in total. The molecule has 0 aromatic carbocycles. The van der Waals surface area contributed by atoms with Gasteiger partial charge in [0.25, 0.3) is 0 Å². The van der Waals surface area contributed by atoms with Crippen LogP contribution in [-0.2, 0) is 4.79 Å². The van der Waals surface area contributed by atoms with E-state index in [1.54, 1.807) is 0 Å². The van der Waals surface area contributed by atoms with Crippen LogP contribution < -0.4 is 5.32 Å². The van der Waals surface area contributed by atoms with E-state index >= 15 is 0 Å². The molecule has 14 heavy (non-hydrogen) atoms. The van der Waals surface area contributed by atoms with E-state index in [0.717, 1.165) is 30.4 Å². The molecule has 1 fully saturated rings. The maximum Gasteiger partial charge on any atom is 0.240 e. The van der Waals surface area contributed by atoms with Crippen molar-refractivity contribution in [3.8, 4) is 0 Å². The zero-order chi connectivity index (χ0) is 10.6. The topological polar surface area (TPSA) is 32.3 Å². The van der Waals surface area contributed by atoms with Gasteiger partial charge >= 0.3 is 0 Å². The molecule has 1 atom stereocenters. The Morgan fingerprint density at radius 3 is 3.07 bits per heavy atom. The number of carbonyl (C=O) groups is 1. The molecule has 1 rings (SSSR count). The first-order chi connectivity index (χ1) is 6.65. The van der Waals surface area contributed by atoms with Crippen molar-refractivity contribution in [1.29, 1.82) is 0 Å². The maximum atomic E-state index is 11.7. The molecule has 0 radical (unpaired) electrons. The van der Waals surface area contributed by atoms with Gasteiger partial charge in [-0.05, 0) is 19.4 Å². The predicted octanol–water partition coefficient (Wildman–Crippen LogP) is 1.50. The zero-order valence-electron chi connectivity index (χ0n) is 8.55. The first-order valence-electron chi connectivity index (χ1n) is 5.00. The Hall–Kier alpha value is -0.350. The van der Waals surface area contributed by atoms with E-state index in [-0.39, 0.29) is 11.9 Å². The third kappa shape index (κ3) is 3.10. The Morgan fingerprint density at radius 2 is 2.50 bits per heavy atom. The molecular weight excluding hydrogens is 244 g/mol. The van der Waals surface area contributed by atoms with Crippen LogP contribution in [0.5, 0.6) is 0 Å². The highest BCUT2D eigenvalue weighted by Crippen LogP contribution is 2.14. The number of likely N-dealkylation sites (tertiary alicyclic amines) is 1. The molecule has 1 unspecified atom stereocenters. The van der Waals surface area contributed by atoms with Crippen molar-refractivity contribution in [1.82, 2.24) is 10.2 Å². The second-order valence-electron chi connectivity index (χ2n) is 3.57. The van der Waals surface area contributed by atoms with Gasteiger partial charge in [-0.15, -0.1) is 0 Å². The third-order valence-electron chi connectivity index (χ3n) is 2.30. The number of amides is 1. The summed E-state index contributed by atoms with van der Waals surface area (Å²) in [5.74, 6) is 0.207. The van der Waals surface area contributed by atoms with Crippen LogP contribution in [0.4, 0.5) is 0 Å². The van der Waals surface area contributed by atoms with Gasteiger partial charge < -0.3 is 10.2 Å². The highest BCUT2D eigenvalue weighted by atomic mass is 79.9. The number of rotatable bonds is 5. The van der Waals surface area contributed by atoms with E-state index in [0.29, 0.717) is 6.54 Å². The van der Waals surface area contributed by atoms with Gasteiger partial charge in [0.1, 0.15) is 0 Å². The van der Waals surface area contributed by atoms with Crippen LogP contribution in [0.25, 0.3) is 0 Å². The van der Waals surface area contributed by atoms with Gasteiger partial charge in [-0.25, -0.2) is 0 Å². The highest BCUT2D eigenvalue weighted by Gasteiger charge is 2.30. The van der Waals surface area contributed by atoms with Crippen molar-refractivity contribution in [3.05, 3.63) is 11.1 Å². The van der Waals surface area contributed by atoms with E-state index < -0.39 is 0 Å². The van der Waals surface area contributed by atoms with Gasteiger partial charge in [0.2, 0.25) is 5.91 Å². The first-order valence-corrected chi connectivity index (χ1v) is 5.80. The minimum atomic E-state index is 0.0294. The SMILES string of the molecule is C=C(Br)CN1CCC(NCCC)C1=O. The lowest BCUT2D eigenvalue weighted by atomic mass is 10.2. The molecule has 0 saturated carbocycles. The normalized spacial score (nSPS) is 21.7. The summed E-state index contributed by atoms with van der Waals surface area (Å²) in [5.41, 5.74) is 0. The van der Waals surface area contributed by atoms with Crippen molar-refractivity contribution >= 4 is 21.8 Å². The summed E-state index contributed by atoms with van der Waals surface area (Å²) >= 11 is 3.28. The molecular formula is C10H17BrN2O. The van der Waals surface area contributed by atoms with Crippen LogP contribution in [0, 0.1) is 0 Å². The molecule has 1 saturated heterocycles. The summed E-state index contributed by atoms with van der Waals surface area (Å²) < 4.78 is 0.863. The van der Waals surface area contributed by atoms with Crippen LogP contribution in [0.15, 0.2) is 11.1 Å². The minimum Gasteiger partial charge on any atom is -0.336 e. The fraction of sp³-hybridized carbons (Fsp3) is 0.700. The Kier molecular flexibility index (Phi) is 4.62. The first kappa shape index (κ1) is 11.7. The lowest BCUT2D eigenvalue weighted by molar-refractivity contribution is -0.129. The largest absolute Gasteiger partial charge is 0.336 e. The summed E-state index contributed by atoms with van der Waals surface area (Å²) in [4.78, 5) is 13.6. The van der Waals surface area contributed by atoms with Gasteiger partial charge in [-0.3, -0.25) is 4.79 Å². The summed E-state index contributed by atoms with van der Waals surface area (Å²) in [6.07, 6.45) is 1.98. The number of nitrogens with zero attached hydrogens (tertiary/aromatic N) is 1. The van der Waals surface area contributed by atoms with E-state index in [9.17, 15) is 4.79 Å². The molecule has 1 aliphatic rings. The minimum absolute atomic E-state index is 0.0294. The maximum absolute atomic E-state index is 11.7. The Morgan fingerprint density at radius 1 is 1.79 bits per heavy atom. The van der Waals surface area contributed by atoms with Gasteiger partial charge in [0.15, 0.2) is 0 Å². The van der Waals surface area contributed by atoms with Gasteiger partial charge in [0.05, 0.1) is 12.6 Å². The second kappa shape index (κ2) is 5.51. The van der Waals surface area contributed by atoms with Crippen LogP contribution >= 0.6 is 15.9 Å². The molecule has 3 nitrogen and oxygen atoms in total. The van der Waals surface area contributed by atoms with Crippen LogP contribution in [0.2, 0.25) is 0 Å². The van der Waals surface area contributed by atoms with E-state index in [4.69, 9.17) is 0 Å². The van der Waals surface area contributed by atoms with Crippen molar-refractivity contribution in [2.75, 3.05) is 19.6 Å². The van der Waals surface area contributed by atoms with Gasteiger partial charge in [0, 0.05) is 11.0 Å². The number of carbonyl (C=O) groups excluding carboxylic acids is 1. The molecule has 0 bridgehead atoms. The molecule has 0 spiro atoms. The molecule has 1 amide bonds. The average Bonchev–Trinajstić information content (AvgIpc) is 2.45. The summed E-state index contributed by atoms with van der Waals surface area (Å²) in [5, 5.41) is 3.25. The van der Waals surface area contributed by atoms with E-state index in [1.165, 1.54) is 0 Å². The van der Waals surface area contributed by atoms with E-state index in [1.807, 2.05) is 4.90 Å². The molecule has 1 aliphatic heterocycles. The fourth-order valence-corrected chi connectivity index (χ4v) is 1.91. The third-order valence-corrected chi connectivity index (χ3v) is 2.55. The average molecular weight is 261 g/mol. The Labute approximate surface area is 93.7 Å². The second-order valence-corrected chi connectivity index (χ2v) is 4.69. The van der Waals surface area contributed by atoms with Gasteiger partial charge in [-0.2, -0.15) is 0 Å². The molecule has 0 aromatic heterocycles. The van der Waals surface area contributed by atoms with Gasteiger partial charge in [-0.1, -0.05) is 29.4 Å². The number of hydrogen-bond acceptors (Lipinski definition) is 2. The van der Waals surface area contributed by atoms with Crippen LogP contribution in [-0.4, -0.2) is 36.5 Å². The molecule has 80 valence electrons. The van der Waals surface area contributed by atoms with Crippen molar-refractivity contribution < 1.29 is 4.79 Å². The lowest BCUT2D eigenvalue weighted by Crippen LogP contribution is -2.38.